The Labute approximate surface area is 99.6 Å². The normalized spacial score (nSPS) is 9.50. The maximum Gasteiger partial charge on any atom is 0.303 e. The molecule has 0 aromatic rings. The van der Waals surface area contributed by atoms with Gasteiger partial charge < -0.3 is 5.11 Å². The summed E-state index contributed by atoms with van der Waals surface area (Å²) in [6, 6.07) is 0. The molecule has 0 saturated heterocycles. The summed E-state index contributed by atoms with van der Waals surface area (Å²) in [6.45, 7) is 2.22. The molecule has 0 heterocycles. The smallest absolute Gasteiger partial charge is 0.303 e. The number of hydrogen-bond donors (Lipinski definition) is 1. The Bertz CT molecular complexity index is 126. The molecular formula is C11H22LiO2. The third kappa shape index (κ3) is 14.6. The van der Waals surface area contributed by atoms with E-state index in [1.165, 1.54) is 38.5 Å². The molecule has 79 valence electrons. The van der Waals surface area contributed by atoms with Gasteiger partial charge in [0.2, 0.25) is 0 Å². The summed E-state index contributed by atoms with van der Waals surface area (Å²) in [5.41, 5.74) is 0. The molecule has 0 rings (SSSR count). The van der Waals surface area contributed by atoms with Crippen LogP contribution in [0.1, 0.15) is 64.7 Å². The van der Waals surface area contributed by atoms with Gasteiger partial charge in [-0.05, 0) is 6.42 Å². The van der Waals surface area contributed by atoms with Crippen LogP contribution in [-0.2, 0) is 4.79 Å². The predicted octanol–water partition coefficient (Wildman–Crippen LogP) is 3.22. The van der Waals surface area contributed by atoms with Crippen molar-refractivity contribution in [2.45, 2.75) is 64.7 Å². The number of aliphatic carboxylic acids is 1. The van der Waals surface area contributed by atoms with E-state index in [0.29, 0.717) is 6.42 Å². The zero-order valence-electron chi connectivity index (χ0n) is 9.72. The summed E-state index contributed by atoms with van der Waals surface area (Å²) in [4.78, 5) is 10.2. The number of carboxylic acids is 1. The summed E-state index contributed by atoms with van der Waals surface area (Å²) in [7, 11) is 0. The van der Waals surface area contributed by atoms with Gasteiger partial charge in [-0.15, -0.1) is 0 Å². The molecule has 0 aliphatic heterocycles. The van der Waals surface area contributed by atoms with Crippen molar-refractivity contribution in [3.05, 3.63) is 0 Å². The minimum absolute atomic E-state index is 0. The monoisotopic (exact) mass is 193 g/mol. The summed E-state index contributed by atoms with van der Waals surface area (Å²) in [5, 5.41) is 8.39. The van der Waals surface area contributed by atoms with E-state index in [0.717, 1.165) is 12.8 Å². The predicted molar refractivity (Wildman–Crippen MR) is 60.6 cm³/mol. The Hall–Kier alpha value is 0.0674. The first-order chi connectivity index (χ1) is 6.27. The molecule has 3 heteroatoms. The average molecular weight is 193 g/mol. The Kier molecular flexibility index (Phi) is 15.4. The average Bonchev–Trinajstić information content (AvgIpc) is 2.09. The fourth-order valence-electron chi connectivity index (χ4n) is 1.41. The molecule has 2 nitrogen and oxygen atoms in total. The molecule has 0 amide bonds. The maximum absolute atomic E-state index is 10.2. The molecule has 0 aliphatic rings. The summed E-state index contributed by atoms with van der Waals surface area (Å²) < 4.78 is 0. The van der Waals surface area contributed by atoms with Crippen molar-refractivity contribution in [1.29, 1.82) is 0 Å². The van der Waals surface area contributed by atoms with E-state index in [-0.39, 0.29) is 18.9 Å². The van der Waals surface area contributed by atoms with Gasteiger partial charge in [-0.2, -0.15) is 0 Å². The second kappa shape index (κ2) is 13.1. The summed E-state index contributed by atoms with van der Waals surface area (Å²) in [6.07, 6.45) is 10.1. The molecule has 0 bridgehead atoms. The zero-order valence-corrected chi connectivity index (χ0v) is 9.72. The fraction of sp³-hybridized carbons (Fsp3) is 0.909. The molecule has 0 aliphatic carbocycles. The van der Waals surface area contributed by atoms with Gasteiger partial charge in [0, 0.05) is 25.3 Å². The van der Waals surface area contributed by atoms with Gasteiger partial charge in [-0.3, -0.25) is 4.79 Å². The molecular weight excluding hydrogens is 171 g/mol. The molecule has 0 atom stereocenters. The van der Waals surface area contributed by atoms with E-state index in [2.05, 4.69) is 6.92 Å². The van der Waals surface area contributed by atoms with Crippen molar-refractivity contribution in [3.8, 4) is 0 Å². The molecule has 0 aromatic carbocycles. The second-order valence-corrected chi connectivity index (χ2v) is 3.62. The second-order valence-electron chi connectivity index (χ2n) is 3.62. The first-order valence-electron chi connectivity index (χ1n) is 5.49. The summed E-state index contributed by atoms with van der Waals surface area (Å²) >= 11 is 0. The van der Waals surface area contributed by atoms with Gasteiger partial charge >= 0.3 is 5.97 Å². The van der Waals surface area contributed by atoms with Crippen LogP contribution >= 0.6 is 0 Å². The van der Waals surface area contributed by atoms with E-state index in [1.54, 1.807) is 0 Å². The van der Waals surface area contributed by atoms with Crippen LogP contribution in [0.2, 0.25) is 0 Å². The largest absolute Gasteiger partial charge is 0.481 e. The quantitative estimate of drug-likeness (QED) is 0.451. The molecule has 0 spiro atoms. The third-order valence-electron chi connectivity index (χ3n) is 2.24. The summed E-state index contributed by atoms with van der Waals surface area (Å²) in [5.74, 6) is -0.661. The first-order valence-corrected chi connectivity index (χ1v) is 5.49. The van der Waals surface area contributed by atoms with E-state index < -0.39 is 5.97 Å². The van der Waals surface area contributed by atoms with Crippen molar-refractivity contribution in [1.82, 2.24) is 0 Å². The molecule has 0 saturated carbocycles. The van der Waals surface area contributed by atoms with Gasteiger partial charge in [-0.1, -0.05) is 51.9 Å². The zero-order chi connectivity index (χ0) is 9.94. The third-order valence-corrected chi connectivity index (χ3v) is 2.24. The molecule has 0 aromatic heterocycles. The Morgan fingerprint density at radius 2 is 1.36 bits per heavy atom. The topological polar surface area (TPSA) is 37.3 Å². The van der Waals surface area contributed by atoms with Crippen LogP contribution in [0.3, 0.4) is 0 Å². The van der Waals surface area contributed by atoms with Crippen LogP contribution in [-0.4, -0.2) is 29.9 Å². The number of unbranched alkanes of at least 4 members (excludes halogenated alkanes) is 7. The van der Waals surface area contributed by atoms with Crippen LogP contribution in [0, 0.1) is 0 Å². The van der Waals surface area contributed by atoms with Crippen LogP contribution in [0.5, 0.6) is 0 Å². The molecule has 1 N–H and O–H groups in total. The minimum atomic E-state index is -0.661. The fourth-order valence-corrected chi connectivity index (χ4v) is 1.41. The maximum atomic E-state index is 10.2. The van der Waals surface area contributed by atoms with Crippen molar-refractivity contribution >= 4 is 24.8 Å². The first kappa shape index (κ1) is 16.5. The number of hydrogen-bond acceptors (Lipinski definition) is 1. The van der Waals surface area contributed by atoms with Crippen molar-refractivity contribution in [2.75, 3.05) is 0 Å². The Balaban J connectivity index is 0. The van der Waals surface area contributed by atoms with Crippen LogP contribution in [0.15, 0.2) is 0 Å². The van der Waals surface area contributed by atoms with E-state index in [1.807, 2.05) is 0 Å². The van der Waals surface area contributed by atoms with Crippen LogP contribution in [0.4, 0.5) is 0 Å². The van der Waals surface area contributed by atoms with Gasteiger partial charge in [0.05, 0.1) is 0 Å². The number of carboxylic acid groups (broad SMARTS) is 1. The SMILES string of the molecule is CCCCCCCCCCC(=O)O.[Li]. The Morgan fingerprint density at radius 1 is 0.929 bits per heavy atom. The molecule has 0 fully saturated rings. The van der Waals surface area contributed by atoms with Crippen molar-refractivity contribution in [3.63, 3.8) is 0 Å². The van der Waals surface area contributed by atoms with Crippen molar-refractivity contribution in [2.24, 2.45) is 0 Å². The standard InChI is InChI=1S/C11H22O2.Li/c1-2-3-4-5-6-7-8-9-10-11(12)13;/h2-10H2,1H3,(H,12,13);. The van der Waals surface area contributed by atoms with E-state index >= 15 is 0 Å². The molecule has 1 radical (unpaired) electrons. The molecule has 14 heavy (non-hydrogen) atoms. The van der Waals surface area contributed by atoms with Gasteiger partial charge in [0.1, 0.15) is 0 Å². The molecule has 0 unspecified atom stereocenters. The van der Waals surface area contributed by atoms with E-state index in [4.69, 9.17) is 5.11 Å². The number of rotatable bonds is 9. The van der Waals surface area contributed by atoms with Crippen molar-refractivity contribution < 1.29 is 9.90 Å². The van der Waals surface area contributed by atoms with Crippen LogP contribution < -0.4 is 0 Å². The number of carbonyl (C=O) groups is 1. The van der Waals surface area contributed by atoms with Crippen LogP contribution in [0.25, 0.3) is 0 Å². The van der Waals surface area contributed by atoms with Gasteiger partial charge in [0.25, 0.3) is 0 Å². The van der Waals surface area contributed by atoms with Gasteiger partial charge in [-0.25, -0.2) is 0 Å². The Morgan fingerprint density at radius 3 is 1.79 bits per heavy atom. The van der Waals surface area contributed by atoms with Gasteiger partial charge in [0.15, 0.2) is 0 Å². The minimum Gasteiger partial charge on any atom is -0.481 e. The van der Waals surface area contributed by atoms with E-state index in [9.17, 15) is 4.79 Å².